The lowest BCUT2D eigenvalue weighted by atomic mass is 10.2. The Kier molecular flexibility index (Phi) is 3.65. The van der Waals surface area contributed by atoms with Crippen molar-refractivity contribution in [2.24, 2.45) is 0 Å². The Morgan fingerprint density at radius 3 is 3.12 bits per heavy atom. The van der Waals surface area contributed by atoms with Crippen LogP contribution in [0.2, 0.25) is 5.02 Å². The summed E-state index contributed by atoms with van der Waals surface area (Å²) in [4.78, 5) is 0. The summed E-state index contributed by atoms with van der Waals surface area (Å²) in [5, 5.41) is 0.579. The first-order valence-electron chi connectivity index (χ1n) is 4.58. The molecule has 16 heavy (non-hydrogen) atoms. The van der Waals surface area contributed by atoms with Crippen molar-refractivity contribution in [3.8, 4) is 11.5 Å². The molecule has 1 aromatic rings. The fraction of sp³-hybridized carbons (Fsp3) is 0.333. The van der Waals surface area contributed by atoms with Crippen LogP contribution >= 0.6 is 11.6 Å². The van der Waals surface area contributed by atoms with E-state index < -0.39 is 11.3 Å². The molecule has 0 aliphatic carbocycles. The molecule has 0 bridgehead atoms. The van der Waals surface area contributed by atoms with Crippen LogP contribution in [-0.4, -0.2) is 28.0 Å². The van der Waals surface area contributed by atoms with Gasteiger partial charge in [-0.25, -0.2) is 8.93 Å². The molecule has 0 amide bonds. The first kappa shape index (κ1) is 11.7. The average molecular weight is 264 g/mol. The summed E-state index contributed by atoms with van der Waals surface area (Å²) < 4.78 is 32.3. The summed E-state index contributed by atoms with van der Waals surface area (Å²) >= 11 is 3.76. The molecular weight excluding hydrogens is 254 g/mol. The highest BCUT2D eigenvalue weighted by molar-refractivity contribution is 7.77. The van der Waals surface area contributed by atoms with Gasteiger partial charge in [0.2, 0.25) is 11.3 Å². The monoisotopic (exact) mass is 263 g/mol. The van der Waals surface area contributed by atoms with Crippen LogP contribution in [0, 0.1) is 0 Å². The molecule has 2 rings (SSSR count). The normalized spacial score (nSPS) is 20.5. The van der Waals surface area contributed by atoms with E-state index in [1.807, 2.05) is 0 Å². The largest absolute Gasteiger partial charge is 0.486 e. The number of nitrogens with one attached hydrogen (secondary N) is 1. The lowest BCUT2D eigenvalue weighted by Gasteiger charge is -2.26. The average Bonchev–Trinajstić information content (AvgIpc) is 2.26. The summed E-state index contributed by atoms with van der Waals surface area (Å²) in [6, 6.07) is 5.08. The molecule has 1 unspecified atom stereocenters. The molecule has 1 aromatic carbocycles. The molecule has 2 N–H and O–H groups in total. The molecule has 2 atom stereocenters. The molecule has 0 radical (unpaired) electrons. The zero-order valence-electron chi connectivity index (χ0n) is 8.18. The fourth-order valence-electron chi connectivity index (χ4n) is 1.35. The van der Waals surface area contributed by atoms with E-state index in [2.05, 4.69) is 4.72 Å². The maximum atomic E-state index is 10.4. The summed E-state index contributed by atoms with van der Waals surface area (Å²) in [5.41, 5.74) is 0. The Morgan fingerprint density at radius 2 is 2.38 bits per heavy atom. The Bertz CT molecular complexity index is 414. The van der Waals surface area contributed by atoms with Crippen molar-refractivity contribution in [2.45, 2.75) is 6.10 Å². The molecule has 1 aliphatic heterocycles. The quantitative estimate of drug-likeness (QED) is 0.805. The second-order valence-electron chi connectivity index (χ2n) is 3.24. The third-order valence-electron chi connectivity index (χ3n) is 2.06. The van der Waals surface area contributed by atoms with Crippen molar-refractivity contribution in [1.29, 1.82) is 0 Å². The van der Waals surface area contributed by atoms with Gasteiger partial charge in [-0.15, -0.1) is 0 Å². The van der Waals surface area contributed by atoms with E-state index in [1.165, 1.54) is 0 Å². The minimum Gasteiger partial charge on any atom is -0.486 e. The smallest absolute Gasteiger partial charge is 0.231 e. The third kappa shape index (κ3) is 2.85. The van der Waals surface area contributed by atoms with Crippen molar-refractivity contribution in [2.75, 3.05) is 13.2 Å². The minimum atomic E-state index is -2.04. The fourth-order valence-corrected chi connectivity index (χ4v) is 1.84. The van der Waals surface area contributed by atoms with Gasteiger partial charge in [0.05, 0.1) is 6.54 Å². The van der Waals surface area contributed by atoms with Crippen LogP contribution in [-0.2, 0) is 11.3 Å². The zero-order valence-corrected chi connectivity index (χ0v) is 9.75. The van der Waals surface area contributed by atoms with Crippen LogP contribution in [0.4, 0.5) is 0 Å². The topological polar surface area (TPSA) is 67.8 Å². The van der Waals surface area contributed by atoms with Gasteiger partial charge >= 0.3 is 0 Å². The van der Waals surface area contributed by atoms with Crippen molar-refractivity contribution in [3.05, 3.63) is 23.2 Å². The minimum absolute atomic E-state index is 0.241. The number of rotatable bonds is 3. The van der Waals surface area contributed by atoms with Crippen LogP contribution in [0.25, 0.3) is 0 Å². The van der Waals surface area contributed by atoms with Crippen LogP contribution < -0.4 is 14.2 Å². The highest BCUT2D eigenvalue weighted by Gasteiger charge is 2.21. The Labute approximate surface area is 100 Å². The van der Waals surface area contributed by atoms with Gasteiger partial charge in [-0.2, -0.15) is 0 Å². The first-order chi connectivity index (χ1) is 7.65. The second-order valence-corrected chi connectivity index (χ2v) is 4.46. The van der Waals surface area contributed by atoms with Gasteiger partial charge in [-0.1, -0.05) is 11.6 Å². The first-order valence-corrected chi connectivity index (χ1v) is 6.07. The van der Waals surface area contributed by atoms with Gasteiger partial charge in [0, 0.05) is 11.1 Å². The second kappa shape index (κ2) is 5.01. The molecule has 5 nitrogen and oxygen atoms in total. The number of benzene rings is 1. The van der Waals surface area contributed by atoms with Crippen LogP contribution in [0.5, 0.6) is 11.5 Å². The van der Waals surface area contributed by atoms with Crippen LogP contribution in [0.1, 0.15) is 0 Å². The molecule has 88 valence electrons. The number of halogens is 1. The SMILES string of the molecule is O=S(O)NC[C@H]1COc2cc(Cl)ccc2O1. The van der Waals surface area contributed by atoms with Crippen molar-refractivity contribution in [1.82, 2.24) is 4.72 Å². The molecule has 0 aromatic heterocycles. The van der Waals surface area contributed by atoms with E-state index in [9.17, 15) is 4.21 Å². The van der Waals surface area contributed by atoms with Crippen molar-refractivity contribution >= 4 is 22.9 Å². The number of hydrogen-bond donors (Lipinski definition) is 2. The van der Waals surface area contributed by atoms with E-state index in [0.717, 1.165) is 0 Å². The van der Waals surface area contributed by atoms with Crippen LogP contribution in [0.3, 0.4) is 0 Å². The summed E-state index contributed by atoms with van der Waals surface area (Å²) in [5.74, 6) is 1.18. The van der Waals surface area contributed by atoms with Gasteiger partial charge < -0.3 is 9.47 Å². The van der Waals surface area contributed by atoms with E-state index in [-0.39, 0.29) is 12.6 Å². The predicted octanol–water partition coefficient (Wildman–Crippen LogP) is 1.21. The molecule has 7 heteroatoms. The lowest BCUT2D eigenvalue weighted by Crippen LogP contribution is -2.38. The number of ether oxygens (including phenoxy) is 2. The van der Waals surface area contributed by atoms with Gasteiger partial charge in [0.1, 0.15) is 12.7 Å². The van der Waals surface area contributed by atoms with Gasteiger partial charge in [-0.05, 0) is 12.1 Å². The lowest BCUT2D eigenvalue weighted by molar-refractivity contribution is 0.0942. The summed E-state index contributed by atoms with van der Waals surface area (Å²) in [6.45, 7) is 0.558. The third-order valence-corrected chi connectivity index (χ3v) is 2.71. The van der Waals surface area contributed by atoms with E-state index in [1.54, 1.807) is 18.2 Å². The molecular formula is C9H10ClNO4S. The van der Waals surface area contributed by atoms with E-state index in [4.69, 9.17) is 25.6 Å². The Hall–Kier alpha value is -0.820. The molecule has 1 aliphatic rings. The molecule has 0 fully saturated rings. The molecule has 0 saturated heterocycles. The summed E-state index contributed by atoms with van der Waals surface area (Å²) in [6.07, 6.45) is -0.287. The maximum absolute atomic E-state index is 10.4. The van der Waals surface area contributed by atoms with E-state index >= 15 is 0 Å². The van der Waals surface area contributed by atoms with Crippen molar-refractivity contribution < 1.29 is 18.2 Å². The zero-order chi connectivity index (χ0) is 11.5. The highest BCUT2D eigenvalue weighted by atomic mass is 35.5. The van der Waals surface area contributed by atoms with E-state index in [0.29, 0.717) is 23.1 Å². The molecule has 1 heterocycles. The molecule has 0 spiro atoms. The Morgan fingerprint density at radius 1 is 1.56 bits per heavy atom. The highest BCUT2D eigenvalue weighted by Crippen LogP contribution is 2.33. The van der Waals surface area contributed by atoms with Gasteiger partial charge in [0.25, 0.3) is 0 Å². The predicted molar refractivity (Wildman–Crippen MR) is 60.1 cm³/mol. The van der Waals surface area contributed by atoms with Crippen LogP contribution in [0.15, 0.2) is 18.2 Å². The number of hydrogen-bond acceptors (Lipinski definition) is 3. The standard InChI is InChI=1S/C9H10ClNO4S/c10-6-1-2-8-9(3-6)14-5-7(15-8)4-11-16(12)13/h1-3,7,11H,4-5H2,(H,12,13)/t7-/m0/s1. The van der Waals surface area contributed by atoms with Gasteiger partial charge in [0.15, 0.2) is 11.5 Å². The number of fused-ring (bicyclic) bond motifs is 1. The maximum Gasteiger partial charge on any atom is 0.231 e. The molecule has 0 saturated carbocycles. The summed E-state index contributed by atoms with van der Waals surface area (Å²) in [7, 11) is 0. The Balaban J connectivity index is 2.01. The van der Waals surface area contributed by atoms with Gasteiger partial charge in [-0.3, -0.25) is 4.55 Å². The van der Waals surface area contributed by atoms with Crippen molar-refractivity contribution in [3.63, 3.8) is 0 Å².